The van der Waals surface area contributed by atoms with Crippen LogP contribution < -0.4 is 10.6 Å². The van der Waals surface area contributed by atoms with Crippen LogP contribution >= 0.6 is 39.1 Å². The lowest BCUT2D eigenvalue weighted by Crippen LogP contribution is -2.13. The zero-order valence-corrected chi connectivity index (χ0v) is 13.5. The van der Waals surface area contributed by atoms with Crippen molar-refractivity contribution in [2.45, 2.75) is 0 Å². The molecule has 0 saturated heterocycles. The summed E-state index contributed by atoms with van der Waals surface area (Å²) >= 11 is 15.4. The lowest BCUT2D eigenvalue weighted by molar-refractivity contribution is 0.102. The summed E-state index contributed by atoms with van der Waals surface area (Å²) in [5.41, 5.74) is 0.837. The second-order valence-electron chi connectivity index (χ2n) is 3.88. The van der Waals surface area contributed by atoms with Crippen LogP contribution in [0.3, 0.4) is 0 Å². The molecule has 1 aromatic carbocycles. The van der Waals surface area contributed by atoms with Crippen molar-refractivity contribution >= 4 is 56.5 Å². The van der Waals surface area contributed by atoms with Crippen LogP contribution in [-0.4, -0.2) is 17.9 Å². The summed E-state index contributed by atoms with van der Waals surface area (Å²) in [7, 11) is 1.73. The van der Waals surface area contributed by atoms with E-state index in [-0.39, 0.29) is 5.91 Å². The number of halogens is 3. The quantitative estimate of drug-likeness (QED) is 0.834. The van der Waals surface area contributed by atoms with Gasteiger partial charge in [-0.2, -0.15) is 0 Å². The minimum Gasteiger partial charge on any atom is -0.373 e. The zero-order chi connectivity index (χ0) is 14.7. The summed E-state index contributed by atoms with van der Waals surface area (Å²) in [6.07, 6.45) is 1.55. The van der Waals surface area contributed by atoms with Crippen LogP contribution in [-0.2, 0) is 0 Å². The molecule has 0 atom stereocenters. The Labute approximate surface area is 134 Å². The topological polar surface area (TPSA) is 54.0 Å². The molecule has 2 aromatic rings. The van der Waals surface area contributed by atoms with E-state index in [1.54, 1.807) is 37.5 Å². The summed E-state index contributed by atoms with van der Waals surface area (Å²) in [4.78, 5) is 16.2. The van der Waals surface area contributed by atoms with Gasteiger partial charge in [-0.3, -0.25) is 4.79 Å². The molecule has 20 heavy (non-hydrogen) atoms. The number of pyridine rings is 1. The monoisotopic (exact) mass is 373 g/mol. The van der Waals surface area contributed by atoms with Crippen molar-refractivity contribution in [2.75, 3.05) is 17.7 Å². The molecule has 4 nitrogen and oxygen atoms in total. The Morgan fingerprint density at radius 2 is 1.90 bits per heavy atom. The summed E-state index contributed by atoms with van der Waals surface area (Å²) < 4.78 is 0.742. The van der Waals surface area contributed by atoms with Crippen molar-refractivity contribution in [3.8, 4) is 0 Å². The van der Waals surface area contributed by atoms with E-state index in [9.17, 15) is 4.79 Å². The lowest BCUT2D eigenvalue weighted by atomic mass is 10.2. The first kappa shape index (κ1) is 15.1. The molecule has 0 bridgehead atoms. The number of carbonyl (C=O) groups excluding carboxylic acids is 1. The van der Waals surface area contributed by atoms with Gasteiger partial charge in [0.15, 0.2) is 0 Å². The first-order valence-corrected chi connectivity index (χ1v) is 7.16. The predicted molar refractivity (Wildman–Crippen MR) is 85.9 cm³/mol. The normalized spacial score (nSPS) is 10.2. The van der Waals surface area contributed by atoms with E-state index in [1.165, 1.54) is 0 Å². The highest BCUT2D eigenvalue weighted by atomic mass is 79.9. The zero-order valence-electron chi connectivity index (χ0n) is 10.4. The third-order valence-electron chi connectivity index (χ3n) is 2.52. The Morgan fingerprint density at radius 3 is 2.50 bits per heavy atom. The summed E-state index contributed by atoms with van der Waals surface area (Å²) in [6, 6.07) is 6.57. The van der Waals surface area contributed by atoms with Gasteiger partial charge in [0.05, 0.1) is 15.7 Å². The molecule has 1 aromatic heterocycles. The molecule has 0 spiro atoms. The second-order valence-corrected chi connectivity index (χ2v) is 5.61. The van der Waals surface area contributed by atoms with Gasteiger partial charge in [0, 0.05) is 23.3 Å². The Bertz CT molecular complexity index is 641. The Hall–Kier alpha value is -1.30. The predicted octanol–water partition coefficient (Wildman–Crippen LogP) is 4.44. The number of aromatic nitrogens is 1. The molecule has 0 aliphatic carbocycles. The van der Waals surface area contributed by atoms with E-state index < -0.39 is 0 Å². The molecular formula is C13H10BrCl2N3O. The van der Waals surface area contributed by atoms with Crippen LogP contribution in [0, 0.1) is 0 Å². The summed E-state index contributed by atoms with van der Waals surface area (Å²) in [6.45, 7) is 0. The molecule has 0 fully saturated rings. The fourth-order valence-electron chi connectivity index (χ4n) is 1.56. The number of hydrogen-bond donors (Lipinski definition) is 2. The molecule has 0 saturated carbocycles. The molecule has 104 valence electrons. The SMILES string of the molecule is CNc1cc(C(=O)Nc2c(Cl)cc(Br)cc2Cl)ccn1. The fraction of sp³-hybridized carbons (Fsp3) is 0.0769. The molecule has 2 N–H and O–H groups in total. The fourth-order valence-corrected chi connectivity index (χ4v) is 2.86. The Kier molecular flexibility index (Phi) is 4.86. The van der Waals surface area contributed by atoms with Crippen molar-refractivity contribution < 1.29 is 4.79 Å². The number of carbonyl (C=O) groups is 1. The summed E-state index contributed by atoms with van der Waals surface area (Å²) in [5.74, 6) is 0.292. The van der Waals surface area contributed by atoms with E-state index in [4.69, 9.17) is 23.2 Å². The van der Waals surface area contributed by atoms with Crippen LogP contribution in [0.1, 0.15) is 10.4 Å². The van der Waals surface area contributed by atoms with E-state index in [1.807, 2.05) is 0 Å². The molecule has 1 amide bonds. The molecule has 1 heterocycles. The van der Waals surface area contributed by atoms with Crippen LogP contribution in [0.2, 0.25) is 10.0 Å². The third kappa shape index (κ3) is 3.42. The maximum Gasteiger partial charge on any atom is 0.255 e. The van der Waals surface area contributed by atoms with Gasteiger partial charge < -0.3 is 10.6 Å². The number of amides is 1. The van der Waals surface area contributed by atoms with Crippen LogP contribution in [0.4, 0.5) is 11.5 Å². The third-order valence-corrected chi connectivity index (χ3v) is 3.58. The lowest BCUT2D eigenvalue weighted by Gasteiger charge is -2.10. The van der Waals surface area contributed by atoms with E-state index in [0.29, 0.717) is 27.1 Å². The average molecular weight is 375 g/mol. The number of benzene rings is 1. The van der Waals surface area contributed by atoms with Gasteiger partial charge in [0.1, 0.15) is 5.82 Å². The van der Waals surface area contributed by atoms with Crippen molar-refractivity contribution in [3.63, 3.8) is 0 Å². The van der Waals surface area contributed by atoms with Gasteiger partial charge in [-0.1, -0.05) is 39.1 Å². The highest BCUT2D eigenvalue weighted by molar-refractivity contribution is 9.10. The molecule has 0 radical (unpaired) electrons. The van der Waals surface area contributed by atoms with Gasteiger partial charge in [0.2, 0.25) is 0 Å². The first-order valence-electron chi connectivity index (χ1n) is 5.61. The van der Waals surface area contributed by atoms with Gasteiger partial charge in [-0.15, -0.1) is 0 Å². The number of nitrogens with zero attached hydrogens (tertiary/aromatic N) is 1. The summed E-state index contributed by atoms with van der Waals surface area (Å²) in [5, 5.41) is 6.28. The van der Waals surface area contributed by atoms with Crippen molar-refractivity contribution in [1.82, 2.24) is 4.98 Å². The molecule has 7 heteroatoms. The van der Waals surface area contributed by atoms with Crippen molar-refractivity contribution in [1.29, 1.82) is 0 Å². The van der Waals surface area contributed by atoms with Crippen LogP contribution in [0.15, 0.2) is 34.9 Å². The minimum absolute atomic E-state index is 0.310. The smallest absolute Gasteiger partial charge is 0.255 e. The Morgan fingerprint density at radius 1 is 1.25 bits per heavy atom. The molecule has 0 aliphatic heterocycles. The minimum atomic E-state index is -0.310. The van der Waals surface area contributed by atoms with Crippen LogP contribution in [0.25, 0.3) is 0 Å². The Balaban J connectivity index is 2.28. The van der Waals surface area contributed by atoms with E-state index in [2.05, 4.69) is 31.5 Å². The second kappa shape index (κ2) is 6.43. The van der Waals surface area contributed by atoms with Crippen molar-refractivity contribution in [2.24, 2.45) is 0 Å². The number of anilines is 2. The number of hydrogen-bond acceptors (Lipinski definition) is 3. The average Bonchev–Trinajstić information content (AvgIpc) is 2.42. The van der Waals surface area contributed by atoms with Gasteiger partial charge in [-0.25, -0.2) is 4.98 Å². The first-order chi connectivity index (χ1) is 9.51. The standard InChI is InChI=1S/C13H10BrCl2N3O/c1-17-11-4-7(2-3-18-11)13(20)19-12-9(15)5-8(14)6-10(12)16/h2-6H,1H3,(H,17,18)(H,19,20). The van der Waals surface area contributed by atoms with Gasteiger partial charge in [-0.05, 0) is 24.3 Å². The van der Waals surface area contributed by atoms with E-state index >= 15 is 0 Å². The number of nitrogens with one attached hydrogen (secondary N) is 2. The molecule has 0 unspecified atom stereocenters. The maximum absolute atomic E-state index is 12.2. The highest BCUT2D eigenvalue weighted by Crippen LogP contribution is 2.34. The molecular weight excluding hydrogens is 365 g/mol. The molecule has 0 aliphatic rings. The maximum atomic E-state index is 12.2. The highest BCUT2D eigenvalue weighted by Gasteiger charge is 2.13. The van der Waals surface area contributed by atoms with Crippen molar-refractivity contribution in [3.05, 3.63) is 50.5 Å². The van der Waals surface area contributed by atoms with E-state index in [0.717, 1.165) is 4.47 Å². The van der Waals surface area contributed by atoms with Gasteiger partial charge >= 0.3 is 0 Å². The van der Waals surface area contributed by atoms with Crippen LogP contribution in [0.5, 0.6) is 0 Å². The van der Waals surface area contributed by atoms with Gasteiger partial charge in [0.25, 0.3) is 5.91 Å². The number of rotatable bonds is 3. The molecule has 2 rings (SSSR count). The largest absolute Gasteiger partial charge is 0.373 e.